The molecule has 0 saturated carbocycles. The van der Waals surface area contributed by atoms with Gasteiger partial charge in [0.1, 0.15) is 11.5 Å². The summed E-state index contributed by atoms with van der Waals surface area (Å²) in [5.74, 6) is 0.199. The molecule has 0 fully saturated rings. The minimum atomic E-state index is -0.621. The Hall–Kier alpha value is -2.96. The second-order valence-corrected chi connectivity index (χ2v) is 6.01. The fourth-order valence-corrected chi connectivity index (χ4v) is 2.58. The molecule has 0 aliphatic heterocycles. The van der Waals surface area contributed by atoms with Gasteiger partial charge in [-0.25, -0.2) is 4.79 Å². The van der Waals surface area contributed by atoms with E-state index >= 15 is 0 Å². The number of carbonyl (C=O) groups excluding carboxylic acids is 2. The summed E-state index contributed by atoms with van der Waals surface area (Å²) in [5.41, 5.74) is 0.580. The van der Waals surface area contributed by atoms with Crippen molar-refractivity contribution in [2.75, 3.05) is 0 Å². The summed E-state index contributed by atoms with van der Waals surface area (Å²) in [7, 11) is 0. The molecule has 1 aromatic carbocycles. The van der Waals surface area contributed by atoms with E-state index in [2.05, 4.69) is 0 Å². The molecule has 1 aromatic heterocycles. The maximum atomic E-state index is 12.4. The average molecular weight is 359 g/mol. The van der Waals surface area contributed by atoms with Gasteiger partial charge in [-0.1, -0.05) is 13.3 Å². The standard InChI is InChI=1S/C19H21NO6/c1-4-5-6-17(18-11-16(12(2)21)13(3)25-18)26-19(22)14-7-9-15(10-8-14)20(23)24/h7-11,17H,4-6H2,1-3H3. The summed E-state index contributed by atoms with van der Waals surface area (Å²) in [6.07, 6.45) is 1.65. The van der Waals surface area contributed by atoms with E-state index in [-0.39, 0.29) is 17.0 Å². The van der Waals surface area contributed by atoms with E-state index in [1.165, 1.54) is 31.2 Å². The lowest BCUT2D eigenvalue weighted by molar-refractivity contribution is -0.384. The number of rotatable bonds is 8. The first kappa shape index (κ1) is 19.4. The molecule has 0 aliphatic rings. The van der Waals surface area contributed by atoms with Crippen LogP contribution in [-0.2, 0) is 4.74 Å². The third kappa shape index (κ3) is 4.56. The number of ketones is 1. The number of nitrogens with zero attached hydrogens (tertiary/aromatic N) is 1. The van der Waals surface area contributed by atoms with Gasteiger partial charge in [-0.05, 0) is 44.9 Å². The minimum absolute atomic E-state index is 0.100. The van der Waals surface area contributed by atoms with E-state index in [0.29, 0.717) is 23.5 Å². The molecule has 0 saturated heterocycles. The number of carbonyl (C=O) groups is 2. The summed E-state index contributed by atoms with van der Waals surface area (Å²) >= 11 is 0. The molecule has 0 spiro atoms. The molecule has 0 amide bonds. The Balaban J connectivity index is 2.21. The van der Waals surface area contributed by atoms with Crippen molar-refractivity contribution in [3.63, 3.8) is 0 Å². The Morgan fingerprint density at radius 1 is 1.27 bits per heavy atom. The number of esters is 1. The van der Waals surface area contributed by atoms with Crippen LogP contribution in [0.15, 0.2) is 34.7 Å². The maximum absolute atomic E-state index is 12.4. The van der Waals surface area contributed by atoms with Gasteiger partial charge in [0, 0.05) is 12.1 Å². The van der Waals surface area contributed by atoms with Gasteiger partial charge in [-0.3, -0.25) is 14.9 Å². The van der Waals surface area contributed by atoms with Crippen LogP contribution in [0, 0.1) is 17.0 Å². The van der Waals surface area contributed by atoms with Crippen LogP contribution < -0.4 is 0 Å². The molecule has 0 N–H and O–H groups in total. The number of unbranched alkanes of at least 4 members (excludes halogenated alkanes) is 1. The van der Waals surface area contributed by atoms with Gasteiger partial charge in [-0.2, -0.15) is 0 Å². The molecule has 0 aliphatic carbocycles. The number of ether oxygens (including phenoxy) is 1. The quantitative estimate of drug-likeness (QED) is 0.291. The monoisotopic (exact) mass is 359 g/mol. The fraction of sp³-hybridized carbons (Fsp3) is 0.368. The van der Waals surface area contributed by atoms with Crippen molar-refractivity contribution in [3.8, 4) is 0 Å². The molecular formula is C19H21NO6. The largest absolute Gasteiger partial charge is 0.462 e. The van der Waals surface area contributed by atoms with Crippen LogP contribution in [0.2, 0.25) is 0 Å². The van der Waals surface area contributed by atoms with E-state index in [0.717, 1.165) is 12.8 Å². The van der Waals surface area contributed by atoms with E-state index in [1.807, 2.05) is 6.92 Å². The first-order valence-electron chi connectivity index (χ1n) is 8.40. The summed E-state index contributed by atoms with van der Waals surface area (Å²) in [4.78, 5) is 34.2. The predicted octanol–water partition coefficient (Wildman–Crippen LogP) is 4.79. The summed E-state index contributed by atoms with van der Waals surface area (Å²) in [6, 6.07) is 6.82. The van der Waals surface area contributed by atoms with Crippen LogP contribution in [-0.4, -0.2) is 16.7 Å². The van der Waals surface area contributed by atoms with Gasteiger partial charge < -0.3 is 9.15 Å². The number of nitro benzene ring substituents is 1. The Morgan fingerprint density at radius 3 is 2.42 bits per heavy atom. The molecule has 0 bridgehead atoms. The van der Waals surface area contributed by atoms with Gasteiger partial charge in [0.2, 0.25) is 0 Å². The first-order chi connectivity index (χ1) is 12.3. The zero-order valence-electron chi connectivity index (χ0n) is 15.0. The van der Waals surface area contributed by atoms with Gasteiger partial charge in [-0.15, -0.1) is 0 Å². The van der Waals surface area contributed by atoms with Crippen molar-refractivity contribution < 1.29 is 23.7 Å². The Labute approximate surface area is 151 Å². The highest BCUT2D eigenvalue weighted by molar-refractivity contribution is 5.95. The molecule has 1 atom stereocenters. The summed E-state index contributed by atoms with van der Waals surface area (Å²) in [5, 5.41) is 10.7. The highest BCUT2D eigenvalue weighted by atomic mass is 16.6. The second kappa shape index (κ2) is 8.42. The van der Waals surface area contributed by atoms with Crippen molar-refractivity contribution in [1.82, 2.24) is 0 Å². The summed E-state index contributed by atoms with van der Waals surface area (Å²) < 4.78 is 11.2. The zero-order chi connectivity index (χ0) is 19.3. The predicted molar refractivity (Wildman–Crippen MR) is 94.2 cm³/mol. The Kier molecular flexibility index (Phi) is 6.27. The Bertz CT molecular complexity index is 806. The molecular weight excluding hydrogens is 338 g/mol. The highest BCUT2D eigenvalue weighted by Crippen LogP contribution is 2.29. The van der Waals surface area contributed by atoms with Crippen LogP contribution in [0.4, 0.5) is 5.69 Å². The number of furan rings is 1. The van der Waals surface area contributed by atoms with Crippen LogP contribution in [0.1, 0.15) is 71.5 Å². The van der Waals surface area contributed by atoms with Gasteiger partial charge in [0.15, 0.2) is 11.9 Å². The molecule has 7 heteroatoms. The van der Waals surface area contributed by atoms with E-state index in [9.17, 15) is 19.7 Å². The highest BCUT2D eigenvalue weighted by Gasteiger charge is 2.23. The molecule has 2 rings (SSSR count). The smallest absolute Gasteiger partial charge is 0.338 e. The van der Waals surface area contributed by atoms with Crippen molar-refractivity contribution in [3.05, 3.63) is 63.1 Å². The lowest BCUT2D eigenvalue weighted by atomic mass is 10.1. The average Bonchev–Trinajstić information content (AvgIpc) is 3.00. The van der Waals surface area contributed by atoms with Crippen LogP contribution in [0.25, 0.3) is 0 Å². The fourth-order valence-electron chi connectivity index (χ4n) is 2.58. The normalized spacial score (nSPS) is 11.8. The number of aryl methyl sites for hydroxylation is 1. The number of nitro groups is 1. The molecule has 1 unspecified atom stereocenters. The number of benzene rings is 1. The van der Waals surface area contributed by atoms with E-state index in [1.54, 1.807) is 13.0 Å². The zero-order valence-corrected chi connectivity index (χ0v) is 15.0. The number of hydrogen-bond donors (Lipinski definition) is 0. The number of Topliss-reactive ketones (excluding diaryl/α,β-unsaturated/α-hetero) is 1. The molecule has 138 valence electrons. The topological polar surface area (TPSA) is 99.6 Å². The Morgan fingerprint density at radius 2 is 1.92 bits per heavy atom. The third-order valence-electron chi connectivity index (χ3n) is 4.02. The van der Waals surface area contributed by atoms with Crippen molar-refractivity contribution in [1.29, 1.82) is 0 Å². The maximum Gasteiger partial charge on any atom is 0.338 e. The van der Waals surface area contributed by atoms with Gasteiger partial charge in [0.05, 0.1) is 16.1 Å². The molecule has 7 nitrogen and oxygen atoms in total. The van der Waals surface area contributed by atoms with Crippen molar-refractivity contribution in [2.45, 2.75) is 46.1 Å². The number of non-ortho nitro benzene ring substituents is 1. The first-order valence-corrected chi connectivity index (χ1v) is 8.40. The molecule has 26 heavy (non-hydrogen) atoms. The second-order valence-electron chi connectivity index (χ2n) is 6.01. The van der Waals surface area contributed by atoms with Crippen LogP contribution in [0.5, 0.6) is 0 Å². The lowest BCUT2D eigenvalue weighted by Crippen LogP contribution is -2.11. The lowest BCUT2D eigenvalue weighted by Gasteiger charge is -2.15. The van der Waals surface area contributed by atoms with Gasteiger partial charge >= 0.3 is 5.97 Å². The minimum Gasteiger partial charge on any atom is -0.462 e. The van der Waals surface area contributed by atoms with E-state index in [4.69, 9.17) is 9.15 Å². The molecule has 1 heterocycles. The summed E-state index contributed by atoms with van der Waals surface area (Å²) in [6.45, 7) is 5.16. The van der Waals surface area contributed by atoms with Gasteiger partial charge in [0.25, 0.3) is 5.69 Å². The van der Waals surface area contributed by atoms with Crippen molar-refractivity contribution >= 4 is 17.4 Å². The third-order valence-corrected chi connectivity index (χ3v) is 4.02. The molecule has 2 aromatic rings. The van der Waals surface area contributed by atoms with E-state index < -0.39 is 17.0 Å². The molecule has 0 radical (unpaired) electrons. The number of hydrogen-bond acceptors (Lipinski definition) is 6. The van der Waals surface area contributed by atoms with Crippen molar-refractivity contribution in [2.24, 2.45) is 0 Å². The SMILES string of the molecule is CCCCC(OC(=O)c1ccc([N+](=O)[O-])cc1)c1cc(C(C)=O)c(C)o1. The van der Waals surface area contributed by atoms with Crippen LogP contribution >= 0.6 is 0 Å². The van der Waals surface area contributed by atoms with Crippen LogP contribution in [0.3, 0.4) is 0 Å².